The molecule has 0 bridgehead atoms. The van der Waals surface area contributed by atoms with Gasteiger partial charge in [0.2, 0.25) is 5.91 Å². The number of benzene rings is 1. The number of amides is 1. The Morgan fingerprint density at radius 1 is 1.23 bits per heavy atom. The first-order valence-electron chi connectivity index (χ1n) is 9.17. The van der Waals surface area contributed by atoms with Crippen LogP contribution >= 0.6 is 0 Å². The molecule has 140 valence electrons. The Morgan fingerprint density at radius 3 is 2.54 bits per heavy atom. The highest BCUT2D eigenvalue weighted by Crippen LogP contribution is 2.24. The van der Waals surface area contributed by atoms with Gasteiger partial charge in [0.1, 0.15) is 5.76 Å². The lowest BCUT2D eigenvalue weighted by atomic mass is 9.98. The van der Waals surface area contributed by atoms with Crippen LogP contribution in [0.25, 0.3) is 0 Å². The molecule has 6 nitrogen and oxygen atoms in total. The maximum Gasteiger partial charge on any atom is 0.231 e. The SMILES string of the molecule is Cc1noc(C)c1C(C)C(=O)Nc1ccc(CCN2CCOCC2)cc1. The summed E-state index contributed by atoms with van der Waals surface area (Å²) in [4.78, 5) is 15.0. The maximum absolute atomic E-state index is 12.5. The van der Waals surface area contributed by atoms with Crippen LogP contribution in [0, 0.1) is 13.8 Å². The Balaban J connectivity index is 1.54. The quantitative estimate of drug-likeness (QED) is 0.861. The predicted molar refractivity (Wildman–Crippen MR) is 100 cm³/mol. The van der Waals surface area contributed by atoms with Crippen molar-refractivity contribution in [2.75, 3.05) is 38.2 Å². The average molecular weight is 357 g/mol. The zero-order valence-electron chi connectivity index (χ0n) is 15.7. The minimum Gasteiger partial charge on any atom is -0.379 e. The molecule has 0 spiro atoms. The molecule has 0 aliphatic carbocycles. The number of carbonyl (C=O) groups is 1. The summed E-state index contributed by atoms with van der Waals surface area (Å²) in [5.41, 5.74) is 3.71. The largest absolute Gasteiger partial charge is 0.379 e. The lowest BCUT2D eigenvalue weighted by Crippen LogP contribution is -2.37. The van der Waals surface area contributed by atoms with Crippen molar-refractivity contribution in [2.24, 2.45) is 0 Å². The molecule has 1 fully saturated rings. The van der Waals surface area contributed by atoms with Gasteiger partial charge in [0, 0.05) is 30.9 Å². The molecule has 0 radical (unpaired) electrons. The molecule has 1 atom stereocenters. The lowest BCUT2D eigenvalue weighted by Gasteiger charge is -2.26. The minimum absolute atomic E-state index is 0.0551. The first-order chi connectivity index (χ1) is 12.5. The Kier molecular flexibility index (Phi) is 6.06. The standard InChI is InChI=1S/C20H27N3O3/c1-14(19-15(2)22-26-16(19)3)20(24)21-18-6-4-17(5-7-18)8-9-23-10-12-25-13-11-23/h4-7,14H,8-13H2,1-3H3,(H,21,24). The van der Waals surface area contributed by atoms with Crippen molar-refractivity contribution in [3.8, 4) is 0 Å². The van der Waals surface area contributed by atoms with Crippen LogP contribution in [0.15, 0.2) is 28.8 Å². The van der Waals surface area contributed by atoms with Crippen LogP contribution in [-0.4, -0.2) is 48.8 Å². The molecule has 1 aromatic heterocycles. The maximum atomic E-state index is 12.5. The number of hydrogen-bond donors (Lipinski definition) is 1. The Bertz CT molecular complexity index is 714. The van der Waals surface area contributed by atoms with E-state index in [2.05, 4.69) is 27.5 Å². The fourth-order valence-electron chi connectivity index (χ4n) is 3.36. The number of nitrogens with zero attached hydrogens (tertiary/aromatic N) is 2. The van der Waals surface area contributed by atoms with Gasteiger partial charge in [-0.25, -0.2) is 0 Å². The highest BCUT2D eigenvalue weighted by molar-refractivity contribution is 5.95. The molecule has 2 heterocycles. The number of nitrogens with one attached hydrogen (secondary N) is 1. The first kappa shape index (κ1) is 18.6. The highest BCUT2D eigenvalue weighted by atomic mass is 16.5. The number of anilines is 1. The van der Waals surface area contributed by atoms with Gasteiger partial charge in [-0.3, -0.25) is 9.69 Å². The van der Waals surface area contributed by atoms with Crippen molar-refractivity contribution in [1.29, 1.82) is 0 Å². The molecule has 26 heavy (non-hydrogen) atoms. The normalized spacial score (nSPS) is 16.4. The van der Waals surface area contributed by atoms with Crippen molar-refractivity contribution < 1.29 is 14.1 Å². The molecule has 1 amide bonds. The fourth-order valence-corrected chi connectivity index (χ4v) is 3.36. The van der Waals surface area contributed by atoms with E-state index in [0.717, 1.165) is 56.2 Å². The number of morpholine rings is 1. The fraction of sp³-hybridized carbons (Fsp3) is 0.500. The summed E-state index contributed by atoms with van der Waals surface area (Å²) >= 11 is 0. The lowest BCUT2D eigenvalue weighted by molar-refractivity contribution is -0.117. The monoisotopic (exact) mass is 357 g/mol. The van der Waals surface area contributed by atoms with E-state index in [1.807, 2.05) is 32.9 Å². The summed E-state index contributed by atoms with van der Waals surface area (Å²) in [6, 6.07) is 8.09. The van der Waals surface area contributed by atoms with Crippen molar-refractivity contribution in [3.05, 3.63) is 46.8 Å². The van der Waals surface area contributed by atoms with Crippen LogP contribution in [0.2, 0.25) is 0 Å². The molecular weight excluding hydrogens is 330 g/mol. The van der Waals surface area contributed by atoms with Crippen LogP contribution in [0.1, 0.15) is 35.4 Å². The van der Waals surface area contributed by atoms with E-state index in [1.165, 1.54) is 5.56 Å². The van der Waals surface area contributed by atoms with Crippen molar-refractivity contribution >= 4 is 11.6 Å². The highest BCUT2D eigenvalue weighted by Gasteiger charge is 2.22. The van der Waals surface area contributed by atoms with E-state index in [0.29, 0.717) is 5.76 Å². The van der Waals surface area contributed by atoms with Gasteiger partial charge in [-0.1, -0.05) is 17.3 Å². The second kappa shape index (κ2) is 8.47. The van der Waals surface area contributed by atoms with E-state index in [4.69, 9.17) is 9.26 Å². The van der Waals surface area contributed by atoms with Crippen LogP contribution in [-0.2, 0) is 16.0 Å². The Labute approximate surface area is 154 Å². The second-order valence-electron chi connectivity index (χ2n) is 6.85. The number of aromatic nitrogens is 1. The van der Waals surface area contributed by atoms with E-state index in [1.54, 1.807) is 0 Å². The van der Waals surface area contributed by atoms with Gasteiger partial charge in [-0.2, -0.15) is 0 Å². The summed E-state index contributed by atoms with van der Waals surface area (Å²) in [7, 11) is 0. The van der Waals surface area contributed by atoms with Crippen molar-refractivity contribution in [2.45, 2.75) is 33.1 Å². The summed E-state index contributed by atoms with van der Waals surface area (Å²) in [5.74, 6) is 0.339. The third-order valence-electron chi connectivity index (χ3n) is 4.96. The van der Waals surface area contributed by atoms with Crippen molar-refractivity contribution in [3.63, 3.8) is 0 Å². The van der Waals surface area contributed by atoms with Crippen LogP contribution in [0.5, 0.6) is 0 Å². The van der Waals surface area contributed by atoms with Gasteiger partial charge < -0.3 is 14.6 Å². The summed E-state index contributed by atoms with van der Waals surface area (Å²) in [5, 5.41) is 6.91. The summed E-state index contributed by atoms with van der Waals surface area (Å²) in [6.07, 6.45) is 1.00. The molecular formula is C20H27N3O3. The van der Waals surface area contributed by atoms with Gasteiger partial charge in [0.25, 0.3) is 0 Å². The number of carbonyl (C=O) groups excluding carboxylic acids is 1. The van der Waals surface area contributed by atoms with Gasteiger partial charge >= 0.3 is 0 Å². The average Bonchev–Trinajstić information content (AvgIpc) is 2.99. The Morgan fingerprint density at radius 2 is 1.92 bits per heavy atom. The van der Waals surface area contributed by atoms with Crippen molar-refractivity contribution in [1.82, 2.24) is 10.1 Å². The molecule has 1 N–H and O–H groups in total. The molecule has 6 heteroatoms. The van der Waals surface area contributed by atoms with E-state index in [9.17, 15) is 4.79 Å². The zero-order valence-corrected chi connectivity index (χ0v) is 15.7. The van der Waals surface area contributed by atoms with Crippen LogP contribution < -0.4 is 5.32 Å². The van der Waals surface area contributed by atoms with E-state index >= 15 is 0 Å². The predicted octanol–water partition coefficient (Wildman–Crippen LogP) is 2.91. The number of hydrogen-bond acceptors (Lipinski definition) is 5. The summed E-state index contributed by atoms with van der Waals surface area (Å²) in [6.45, 7) is 10.3. The van der Waals surface area contributed by atoms with Gasteiger partial charge in [0.15, 0.2) is 0 Å². The Hall–Kier alpha value is -2.18. The minimum atomic E-state index is -0.303. The second-order valence-corrected chi connectivity index (χ2v) is 6.85. The summed E-state index contributed by atoms with van der Waals surface area (Å²) < 4.78 is 10.5. The molecule has 0 saturated carbocycles. The number of ether oxygens (including phenoxy) is 1. The number of rotatable bonds is 6. The third-order valence-corrected chi connectivity index (χ3v) is 4.96. The molecule has 3 rings (SSSR count). The molecule has 1 aliphatic rings. The van der Waals surface area contributed by atoms with E-state index < -0.39 is 0 Å². The molecule has 1 aliphatic heterocycles. The topological polar surface area (TPSA) is 67.6 Å². The van der Waals surface area contributed by atoms with Crippen LogP contribution in [0.3, 0.4) is 0 Å². The third kappa shape index (κ3) is 4.51. The van der Waals surface area contributed by atoms with Gasteiger partial charge in [0.05, 0.1) is 24.8 Å². The molecule has 1 aromatic carbocycles. The zero-order chi connectivity index (χ0) is 18.5. The molecule has 2 aromatic rings. The van der Waals surface area contributed by atoms with Gasteiger partial charge in [-0.05, 0) is 44.9 Å². The van der Waals surface area contributed by atoms with E-state index in [-0.39, 0.29) is 11.8 Å². The number of aryl methyl sites for hydroxylation is 2. The van der Waals surface area contributed by atoms with Crippen LogP contribution in [0.4, 0.5) is 5.69 Å². The molecule has 1 unspecified atom stereocenters. The first-order valence-corrected chi connectivity index (χ1v) is 9.17. The van der Waals surface area contributed by atoms with Gasteiger partial charge in [-0.15, -0.1) is 0 Å². The molecule has 1 saturated heterocycles. The smallest absolute Gasteiger partial charge is 0.231 e.